The number of hydrogen-bond donors (Lipinski definition) is 0. The largest absolute Gasteiger partial charge is 0.491 e. The van der Waals surface area contributed by atoms with E-state index in [9.17, 15) is 10.5 Å². The summed E-state index contributed by atoms with van der Waals surface area (Å²) in [5.41, 5.74) is 3.91. The van der Waals surface area contributed by atoms with Crippen molar-refractivity contribution in [2.75, 3.05) is 20.3 Å². The molecule has 0 spiro atoms. The van der Waals surface area contributed by atoms with Gasteiger partial charge >= 0.3 is 0 Å². The van der Waals surface area contributed by atoms with Crippen LogP contribution in [0.25, 0.3) is 11.1 Å². The minimum Gasteiger partial charge on any atom is -0.491 e. The lowest BCUT2D eigenvalue weighted by Gasteiger charge is -2.15. The zero-order chi connectivity index (χ0) is 22.3. The van der Waals surface area contributed by atoms with E-state index in [2.05, 4.69) is 22.3 Å². The van der Waals surface area contributed by atoms with Crippen LogP contribution >= 0.6 is 11.8 Å². The van der Waals surface area contributed by atoms with Gasteiger partial charge < -0.3 is 9.47 Å². The van der Waals surface area contributed by atoms with Crippen molar-refractivity contribution in [3.05, 3.63) is 65.1 Å². The second kappa shape index (κ2) is 10.2. The smallest absolute Gasteiger partial charge is 0.119 e. The van der Waals surface area contributed by atoms with Crippen molar-refractivity contribution in [1.29, 1.82) is 10.5 Å². The van der Waals surface area contributed by atoms with Crippen molar-refractivity contribution in [2.24, 2.45) is 0 Å². The fourth-order valence-electron chi connectivity index (χ4n) is 3.36. The van der Waals surface area contributed by atoms with E-state index in [4.69, 9.17) is 14.5 Å². The Morgan fingerprint density at radius 2 is 1.84 bits per heavy atom. The molecule has 32 heavy (non-hydrogen) atoms. The summed E-state index contributed by atoms with van der Waals surface area (Å²) in [6, 6.07) is 15.8. The topological polar surface area (TPSA) is 105 Å². The molecule has 8 heteroatoms. The van der Waals surface area contributed by atoms with Crippen LogP contribution in [0.3, 0.4) is 0 Å². The molecule has 0 amide bonds. The molecule has 160 valence electrons. The number of pyridine rings is 1. The maximum absolute atomic E-state index is 10.0. The van der Waals surface area contributed by atoms with Gasteiger partial charge in [0.1, 0.15) is 29.5 Å². The minimum absolute atomic E-state index is 0.267. The quantitative estimate of drug-likeness (QED) is 0.352. The van der Waals surface area contributed by atoms with Crippen LogP contribution in [0.2, 0.25) is 0 Å². The first-order valence-electron chi connectivity index (χ1n) is 10.2. The molecule has 0 aliphatic heterocycles. The Hall–Kier alpha value is -3.46. The Morgan fingerprint density at radius 3 is 2.47 bits per heavy atom. The van der Waals surface area contributed by atoms with E-state index in [1.54, 1.807) is 13.3 Å². The number of rotatable bonds is 9. The van der Waals surface area contributed by atoms with Crippen molar-refractivity contribution in [1.82, 2.24) is 15.2 Å². The lowest BCUT2D eigenvalue weighted by Crippen LogP contribution is -2.05. The first-order chi connectivity index (χ1) is 15.7. The van der Waals surface area contributed by atoms with Crippen molar-refractivity contribution in [2.45, 2.75) is 29.5 Å². The van der Waals surface area contributed by atoms with Crippen molar-refractivity contribution in [3.8, 4) is 29.0 Å². The van der Waals surface area contributed by atoms with E-state index in [1.165, 1.54) is 11.8 Å². The van der Waals surface area contributed by atoms with Crippen LogP contribution in [-0.2, 0) is 10.5 Å². The molecule has 1 aliphatic rings. The molecule has 0 N–H and O–H groups in total. The van der Waals surface area contributed by atoms with Crippen LogP contribution in [0.5, 0.6) is 5.75 Å². The van der Waals surface area contributed by atoms with Gasteiger partial charge in [-0.3, -0.25) is 0 Å². The molecular formula is C24H21N5O2S. The monoisotopic (exact) mass is 443 g/mol. The predicted octanol–water partition coefficient (Wildman–Crippen LogP) is 4.48. The third kappa shape index (κ3) is 4.88. The van der Waals surface area contributed by atoms with E-state index in [1.807, 2.05) is 36.4 Å². The van der Waals surface area contributed by atoms with Crippen LogP contribution in [-0.4, -0.2) is 35.5 Å². The molecule has 3 aromatic rings. The highest BCUT2D eigenvalue weighted by atomic mass is 32.2. The van der Waals surface area contributed by atoms with Gasteiger partial charge in [0, 0.05) is 30.5 Å². The zero-order valence-corrected chi connectivity index (χ0v) is 18.4. The number of aromatic nitrogens is 3. The molecule has 4 rings (SSSR count). The van der Waals surface area contributed by atoms with E-state index in [0.717, 1.165) is 29.8 Å². The van der Waals surface area contributed by atoms with E-state index >= 15 is 0 Å². The van der Waals surface area contributed by atoms with Crippen LogP contribution in [0.1, 0.15) is 41.3 Å². The van der Waals surface area contributed by atoms with Crippen molar-refractivity contribution in [3.63, 3.8) is 0 Å². The number of benzene rings is 1. The highest BCUT2D eigenvalue weighted by Gasteiger charge is 2.32. The van der Waals surface area contributed by atoms with Crippen molar-refractivity contribution >= 4 is 11.8 Å². The van der Waals surface area contributed by atoms with Gasteiger partial charge in [0.2, 0.25) is 0 Å². The Balaban J connectivity index is 1.73. The second-order valence-corrected chi connectivity index (χ2v) is 8.26. The molecule has 2 heterocycles. The Bertz CT molecular complexity index is 1170. The fraction of sp³-hybridized carbons (Fsp3) is 0.292. The average molecular weight is 444 g/mol. The Labute approximate surface area is 191 Å². The third-order valence-electron chi connectivity index (χ3n) is 5.06. The van der Waals surface area contributed by atoms with Gasteiger partial charge in [0.25, 0.3) is 0 Å². The highest BCUT2D eigenvalue weighted by molar-refractivity contribution is 7.98. The fourth-order valence-corrected chi connectivity index (χ4v) is 4.25. The maximum Gasteiger partial charge on any atom is 0.119 e. The summed E-state index contributed by atoms with van der Waals surface area (Å²) in [5, 5.41) is 28.7. The van der Waals surface area contributed by atoms with Crippen LogP contribution in [0.4, 0.5) is 0 Å². The summed E-state index contributed by atoms with van der Waals surface area (Å²) in [5.74, 6) is 1.51. The summed E-state index contributed by atoms with van der Waals surface area (Å²) < 4.78 is 10.7. The zero-order valence-electron chi connectivity index (χ0n) is 17.6. The number of nitriles is 2. The minimum atomic E-state index is 0.267. The Morgan fingerprint density at radius 1 is 1.06 bits per heavy atom. The van der Waals surface area contributed by atoms with Crippen LogP contribution < -0.4 is 4.74 Å². The summed E-state index contributed by atoms with van der Waals surface area (Å²) in [6.45, 7) is 0.952. The molecule has 0 saturated heterocycles. The Kier molecular flexibility index (Phi) is 6.96. The van der Waals surface area contributed by atoms with Crippen LogP contribution in [0, 0.1) is 22.7 Å². The first kappa shape index (κ1) is 21.8. The molecule has 1 aliphatic carbocycles. The van der Waals surface area contributed by atoms with Gasteiger partial charge in [-0.2, -0.15) is 20.7 Å². The highest BCUT2D eigenvalue weighted by Crippen LogP contribution is 2.45. The van der Waals surface area contributed by atoms with Gasteiger partial charge in [0.05, 0.1) is 29.1 Å². The molecule has 0 bridgehead atoms. The molecule has 1 aromatic carbocycles. The maximum atomic E-state index is 10.0. The van der Waals surface area contributed by atoms with Gasteiger partial charge in [-0.05, 0) is 42.7 Å². The van der Waals surface area contributed by atoms with E-state index < -0.39 is 0 Å². The molecule has 7 nitrogen and oxygen atoms in total. The molecule has 1 saturated carbocycles. The lowest BCUT2D eigenvalue weighted by molar-refractivity contribution is 0.146. The normalized spacial score (nSPS) is 12.7. The van der Waals surface area contributed by atoms with Gasteiger partial charge in [-0.25, -0.2) is 4.98 Å². The van der Waals surface area contributed by atoms with E-state index in [-0.39, 0.29) is 5.92 Å². The van der Waals surface area contributed by atoms with E-state index in [0.29, 0.717) is 46.4 Å². The number of nitrogens with zero attached hydrogens (tertiary/aromatic N) is 5. The summed E-state index contributed by atoms with van der Waals surface area (Å²) in [7, 11) is 1.63. The first-order valence-corrected chi connectivity index (χ1v) is 11.2. The lowest BCUT2D eigenvalue weighted by atomic mass is 9.94. The number of hydrogen-bond acceptors (Lipinski definition) is 8. The predicted molar refractivity (Wildman–Crippen MR) is 120 cm³/mol. The van der Waals surface area contributed by atoms with Gasteiger partial charge in [-0.15, -0.1) is 0 Å². The van der Waals surface area contributed by atoms with Gasteiger partial charge in [-0.1, -0.05) is 23.9 Å². The number of ether oxygens (including phenoxy) is 2. The SMILES string of the molecule is COCCOc1ccc(-c2c(C#N)c(SCc3cccnn3)nc(C3CC3)c2C#N)cc1. The summed E-state index contributed by atoms with van der Waals surface area (Å²) in [4.78, 5) is 4.78. The summed E-state index contributed by atoms with van der Waals surface area (Å²) >= 11 is 1.44. The number of methoxy groups -OCH3 is 1. The van der Waals surface area contributed by atoms with Crippen molar-refractivity contribution < 1.29 is 9.47 Å². The molecule has 1 fully saturated rings. The molecule has 0 atom stereocenters. The molecular weight excluding hydrogens is 422 g/mol. The second-order valence-electron chi connectivity index (χ2n) is 7.29. The van der Waals surface area contributed by atoms with Gasteiger partial charge in [0.15, 0.2) is 0 Å². The molecule has 2 aromatic heterocycles. The molecule has 0 unspecified atom stereocenters. The summed E-state index contributed by atoms with van der Waals surface area (Å²) in [6.07, 6.45) is 3.64. The van der Waals surface area contributed by atoms with Crippen LogP contribution in [0.15, 0.2) is 47.6 Å². The average Bonchev–Trinajstić information content (AvgIpc) is 3.68. The standard InChI is InChI=1S/C24H21N5O2S/c1-30-11-12-31-19-8-6-16(7-9-19)22-20(13-25)23(17-4-5-17)28-24(21(22)14-26)32-15-18-3-2-10-27-29-18/h2-3,6-10,17H,4-5,11-12,15H2,1H3. The molecule has 0 radical (unpaired) electrons. The third-order valence-corrected chi connectivity index (χ3v) is 6.07. The number of thioether (sulfide) groups is 1.